The highest BCUT2D eigenvalue weighted by Gasteiger charge is 2.25. The molecule has 19 heavy (non-hydrogen) atoms. The number of nitrogens with two attached hydrogens (primary N) is 1. The van der Waals surface area contributed by atoms with Gasteiger partial charge in [0.15, 0.2) is 0 Å². The fourth-order valence-electron chi connectivity index (χ4n) is 2.92. The van der Waals surface area contributed by atoms with Gasteiger partial charge in [-0.25, -0.2) is 0 Å². The summed E-state index contributed by atoms with van der Waals surface area (Å²) in [5, 5.41) is 0.714. The van der Waals surface area contributed by atoms with Crippen LogP contribution in [0.15, 0.2) is 18.2 Å². The van der Waals surface area contributed by atoms with Crippen LogP contribution in [0.25, 0.3) is 0 Å². The first-order valence-electron chi connectivity index (χ1n) is 7.39. The average molecular weight is 282 g/mol. The lowest BCUT2D eigenvalue weighted by molar-refractivity contribution is 0.0905. The van der Waals surface area contributed by atoms with Gasteiger partial charge in [0.25, 0.3) is 0 Å². The number of benzene rings is 1. The van der Waals surface area contributed by atoms with Crippen LogP contribution in [0.5, 0.6) is 5.75 Å². The van der Waals surface area contributed by atoms with Crippen molar-refractivity contribution in [2.45, 2.75) is 51.6 Å². The molecule has 3 heteroatoms. The number of ether oxygens (including phenoxy) is 1. The summed E-state index contributed by atoms with van der Waals surface area (Å²) >= 11 is 6.31. The Labute approximate surface area is 121 Å². The van der Waals surface area contributed by atoms with Crippen LogP contribution in [0.1, 0.15) is 44.6 Å². The highest BCUT2D eigenvalue weighted by molar-refractivity contribution is 6.32. The molecule has 0 radical (unpaired) electrons. The molecule has 1 aliphatic rings. The molecule has 2 nitrogen and oxygen atoms in total. The van der Waals surface area contributed by atoms with Gasteiger partial charge >= 0.3 is 0 Å². The molecule has 2 rings (SSSR count). The fraction of sp³-hybridized carbons (Fsp3) is 0.625. The summed E-state index contributed by atoms with van der Waals surface area (Å²) in [6.07, 6.45) is 7.42. The SMILES string of the molecule is CCC1CCCCC1Oc1ccc(CCN)cc1Cl. The standard InChI is InChI=1S/C16H24ClNO/c1-2-13-5-3-4-6-15(13)19-16-8-7-12(9-10-18)11-14(16)17/h7-8,11,13,15H,2-6,9-10,18H2,1H3. The molecular weight excluding hydrogens is 258 g/mol. The third-order valence-electron chi connectivity index (χ3n) is 4.07. The Balaban J connectivity index is 2.05. The zero-order valence-corrected chi connectivity index (χ0v) is 12.5. The maximum absolute atomic E-state index is 6.31. The summed E-state index contributed by atoms with van der Waals surface area (Å²) in [6, 6.07) is 6.04. The monoisotopic (exact) mass is 281 g/mol. The molecule has 0 amide bonds. The van der Waals surface area contributed by atoms with E-state index in [-0.39, 0.29) is 0 Å². The van der Waals surface area contributed by atoms with Crippen molar-refractivity contribution in [1.29, 1.82) is 0 Å². The summed E-state index contributed by atoms with van der Waals surface area (Å²) in [4.78, 5) is 0. The molecule has 1 aromatic rings. The Morgan fingerprint density at radius 3 is 2.79 bits per heavy atom. The Hall–Kier alpha value is -0.730. The summed E-state index contributed by atoms with van der Waals surface area (Å²) in [5.41, 5.74) is 6.74. The molecule has 0 aromatic heterocycles. The van der Waals surface area contributed by atoms with E-state index in [2.05, 4.69) is 13.0 Å². The van der Waals surface area contributed by atoms with E-state index < -0.39 is 0 Å². The molecule has 2 N–H and O–H groups in total. The van der Waals surface area contributed by atoms with Gasteiger partial charge in [0.2, 0.25) is 0 Å². The number of hydrogen-bond acceptors (Lipinski definition) is 2. The van der Waals surface area contributed by atoms with Gasteiger partial charge in [0.05, 0.1) is 5.02 Å². The summed E-state index contributed by atoms with van der Waals surface area (Å²) in [6.45, 7) is 2.90. The van der Waals surface area contributed by atoms with Gasteiger partial charge in [0, 0.05) is 0 Å². The number of hydrogen-bond donors (Lipinski definition) is 1. The van der Waals surface area contributed by atoms with E-state index in [1.807, 2.05) is 12.1 Å². The van der Waals surface area contributed by atoms with Gasteiger partial charge < -0.3 is 10.5 Å². The van der Waals surface area contributed by atoms with Crippen molar-refractivity contribution >= 4 is 11.6 Å². The van der Waals surface area contributed by atoms with Crippen molar-refractivity contribution < 1.29 is 4.74 Å². The largest absolute Gasteiger partial charge is 0.489 e. The molecule has 0 spiro atoms. The Morgan fingerprint density at radius 1 is 1.32 bits per heavy atom. The zero-order chi connectivity index (χ0) is 13.7. The van der Waals surface area contributed by atoms with Crippen LogP contribution < -0.4 is 10.5 Å². The maximum atomic E-state index is 6.31. The minimum Gasteiger partial charge on any atom is -0.489 e. The first-order valence-corrected chi connectivity index (χ1v) is 7.77. The Morgan fingerprint density at radius 2 is 2.11 bits per heavy atom. The normalized spacial score (nSPS) is 23.3. The molecule has 0 bridgehead atoms. The van der Waals surface area contributed by atoms with Crippen LogP contribution >= 0.6 is 11.6 Å². The highest BCUT2D eigenvalue weighted by atomic mass is 35.5. The molecular formula is C16H24ClNO. The zero-order valence-electron chi connectivity index (χ0n) is 11.7. The predicted octanol–water partition coefficient (Wildman–Crippen LogP) is 4.19. The minimum absolute atomic E-state index is 0.330. The lowest BCUT2D eigenvalue weighted by Crippen LogP contribution is -2.30. The van der Waals surface area contributed by atoms with Crippen LogP contribution in [0.4, 0.5) is 0 Å². The Kier molecular flexibility index (Phi) is 5.53. The molecule has 1 aromatic carbocycles. The van der Waals surface area contributed by atoms with E-state index in [9.17, 15) is 0 Å². The van der Waals surface area contributed by atoms with Crippen molar-refractivity contribution in [2.75, 3.05) is 6.54 Å². The van der Waals surface area contributed by atoms with E-state index in [4.69, 9.17) is 22.1 Å². The van der Waals surface area contributed by atoms with Crippen molar-refractivity contribution in [3.63, 3.8) is 0 Å². The third-order valence-corrected chi connectivity index (χ3v) is 4.37. The Bertz CT molecular complexity index is 408. The van der Waals surface area contributed by atoms with E-state index in [0.29, 0.717) is 23.6 Å². The quantitative estimate of drug-likeness (QED) is 0.878. The first kappa shape index (κ1) is 14.7. The molecule has 1 aliphatic carbocycles. The van der Waals surface area contributed by atoms with E-state index in [1.165, 1.54) is 31.2 Å². The second-order valence-corrected chi connectivity index (χ2v) is 5.82. The van der Waals surface area contributed by atoms with Gasteiger partial charge in [-0.15, -0.1) is 0 Å². The topological polar surface area (TPSA) is 35.2 Å². The van der Waals surface area contributed by atoms with Crippen molar-refractivity contribution in [3.8, 4) is 5.75 Å². The van der Waals surface area contributed by atoms with Gasteiger partial charge in [-0.1, -0.05) is 31.0 Å². The van der Waals surface area contributed by atoms with Gasteiger partial charge in [-0.3, -0.25) is 0 Å². The average Bonchev–Trinajstić information content (AvgIpc) is 2.43. The van der Waals surface area contributed by atoms with Crippen LogP contribution in [0, 0.1) is 5.92 Å². The van der Waals surface area contributed by atoms with E-state index in [1.54, 1.807) is 0 Å². The van der Waals surface area contributed by atoms with Crippen molar-refractivity contribution in [1.82, 2.24) is 0 Å². The second kappa shape index (κ2) is 7.16. The second-order valence-electron chi connectivity index (χ2n) is 5.41. The van der Waals surface area contributed by atoms with E-state index in [0.717, 1.165) is 18.6 Å². The molecule has 2 unspecified atom stereocenters. The van der Waals surface area contributed by atoms with Crippen LogP contribution in [-0.2, 0) is 6.42 Å². The van der Waals surface area contributed by atoms with Crippen molar-refractivity contribution in [3.05, 3.63) is 28.8 Å². The van der Waals surface area contributed by atoms with Gasteiger partial charge in [0.1, 0.15) is 11.9 Å². The molecule has 106 valence electrons. The number of rotatable bonds is 5. The first-order chi connectivity index (χ1) is 9.24. The summed E-state index contributed by atoms with van der Waals surface area (Å²) in [5.74, 6) is 1.50. The van der Waals surface area contributed by atoms with Crippen LogP contribution in [-0.4, -0.2) is 12.6 Å². The van der Waals surface area contributed by atoms with Gasteiger partial charge in [-0.2, -0.15) is 0 Å². The minimum atomic E-state index is 0.330. The third kappa shape index (κ3) is 3.87. The molecule has 1 fully saturated rings. The number of halogens is 1. The molecule has 1 saturated carbocycles. The molecule has 0 aliphatic heterocycles. The lowest BCUT2D eigenvalue weighted by Gasteiger charge is -2.31. The fourth-order valence-corrected chi connectivity index (χ4v) is 3.17. The highest BCUT2D eigenvalue weighted by Crippen LogP contribution is 2.33. The summed E-state index contributed by atoms with van der Waals surface area (Å²) in [7, 11) is 0. The molecule has 2 atom stereocenters. The predicted molar refractivity (Wildman–Crippen MR) is 80.9 cm³/mol. The molecule has 0 saturated heterocycles. The van der Waals surface area contributed by atoms with E-state index >= 15 is 0 Å². The molecule has 0 heterocycles. The lowest BCUT2D eigenvalue weighted by atomic mass is 9.85. The van der Waals surface area contributed by atoms with Gasteiger partial charge in [-0.05, 0) is 62.3 Å². The summed E-state index contributed by atoms with van der Waals surface area (Å²) < 4.78 is 6.16. The van der Waals surface area contributed by atoms with Crippen LogP contribution in [0.2, 0.25) is 5.02 Å². The smallest absolute Gasteiger partial charge is 0.138 e. The van der Waals surface area contributed by atoms with Crippen molar-refractivity contribution in [2.24, 2.45) is 11.7 Å². The van der Waals surface area contributed by atoms with Crippen LogP contribution in [0.3, 0.4) is 0 Å². The maximum Gasteiger partial charge on any atom is 0.138 e.